The van der Waals surface area contributed by atoms with Crippen molar-refractivity contribution < 1.29 is 21.2 Å². The highest BCUT2D eigenvalue weighted by atomic mass is 35.5. The van der Waals surface area contributed by atoms with Crippen molar-refractivity contribution in [2.45, 2.75) is 11.3 Å². The van der Waals surface area contributed by atoms with Gasteiger partial charge in [-0.1, -0.05) is 11.6 Å². The van der Waals surface area contributed by atoms with Gasteiger partial charge in [-0.15, -0.1) is 0 Å². The number of hydrogen-bond donors (Lipinski definition) is 1. The first-order valence-corrected chi connectivity index (χ1v) is 9.72. The van der Waals surface area contributed by atoms with Gasteiger partial charge in [0.25, 0.3) is 0 Å². The number of sulfone groups is 1. The third-order valence-electron chi connectivity index (χ3n) is 3.15. The average Bonchev–Trinajstić information content (AvgIpc) is 2.55. The Labute approximate surface area is 127 Å². The number of hydrogen-bond acceptors (Lipinski definition) is 5. The third-order valence-corrected chi connectivity index (χ3v) is 7.04. The number of rotatable bonds is 2. The van der Waals surface area contributed by atoms with Crippen LogP contribution < -0.4 is 5.73 Å². The second kappa shape index (κ2) is 5.71. The highest BCUT2D eigenvalue weighted by Crippen LogP contribution is 2.28. The maximum Gasteiger partial charge on any atom is 0.246 e. The summed E-state index contributed by atoms with van der Waals surface area (Å²) in [5, 5.41) is -0.393. The minimum atomic E-state index is -4.18. The number of nitrogens with two attached hydrogens (primary N) is 1. The van der Waals surface area contributed by atoms with Gasteiger partial charge in [0.2, 0.25) is 10.0 Å². The Kier molecular flexibility index (Phi) is 4.48. The van der Waals surface area contributed by atoms with E-state index in [-0.39, 0.29) is 36.7 Å². The van der Waals surface area contributed by atoms with Gasteiger partial charge >= 0.3 is 0 Å². The first-order chi connectivity index (χ1) is 9.63. The Morgan fingerprint density at radius 1 is 1.24 bits per heavy atom. The maximum atomic E-state index is 14.0. The molecule has 0 unspecified atom stereocenters. The highest BCUT2D eigenvalue weighted by molar-refractivity contribution is 7.91. The van der Waals surface area contributed by atoms with Gasteiger partial charge < -0.3 is 5.73 Å². The van der Waals surface area contributed by atoms with E-state index in [1.165, 1.54) is 0 Å². The molecule has 1 heterocycles. The van der Waals surface area contributed by atoms with Gasteiger partial charge in [-0.2, -0.15) is 4.31 Å². The molecule has 1 saturated heterocycles. The molecule has 1 aromatic rings. The molecule has 0 radical (unpaired) electrons. The summed E-state index contributed by atoms with van der Waals surface area (Å²) in [7, 11) is -7.45. The molecule has 2 N–H and O–H groups in total. The largest absolute Gasteiger partial charge is 0.399 e. The summed E-state index contributed by atoms with van der Waals surface area (Å²) in [6, 6.07) is 2.10. The minimum Gasteiger partial charge on any atom is -0.399 e. The van der Waals surface area contributed by atoms with Crippen LogP contribution in [0.25, 0.3) is 0 Å². The molecule has 0 spiro atoms. The molecule has 6 nitrogen and oxygen atoms in total. The Hall–Kier alpha value is -0.900. The van der Waals surface area contributed by atoms with Crippen LogP contribution in [-0.2, 0) is 19.9 Å². The standard InChI is InChI=1S/C11H14ClFN2O4S2/c12-9-6-8(14)7-10(11(9)13)21(18,19)15-2-1-4-20(16,17)5-3-15/h6-7H,1-5,14H2. The Morgan fingerprint density at radius 3 is 2.57 bits per heavy atom. The zero-order valence-corrected chi connectivity index (χ0v) is 13.3. The normalized spacial score (nSPS) is 20.1. The molecule has 0 bridgehead atoms. The Morgan fingerprint density at radius 2 is 1.90 bits per heavy atom. The van der Waals surface area contributed by atoms with E-state index in [9.17, 15) is 21.2 Å². The quantitative estimate of drug-likeness (QED) is 0.793. The highest BCUT2D eigenvalue weighted by Gasteiger charge is 2.32. The van der Waals surface area contributed by atoms with E-state index < -0.39 is 35.6 Å². The molecule has 0 aliphatic carbocycles. The van der Waals surface area contributed by atoms with Gasteiger partial charge in [-0.25, -0.2) is 21.2 Å². The molecule has 118 valence electrons. The first kappa shape index (κ1) is 16.5. The Bertz CT molecular complexity index is 765. The van der Waals surface area contributed by atoms with Crippen LogP contribution in [-0.4, -0.2) is 45.7 Å². The van der Waals surface area contributed by atoms with Gasteiger partial charge in [-0.05, 0) is 18.6 Å². The van der Waals surface area contributed by atoms with E-state index in [2.05, 4.69) is 0 Å². The van der Waals surface area contributed by atoms with Crippen molar-refractivity contribution in [3.8, 4) is 0 Å². The van der Waals surface area contributed by atoms with Crippen LogP contribution in [0.3, 0.4) is 0 Å². The molecule has 1 aliphatic heterocycles. The topological polar surface area (TPSA) is 97.5 Å². The number of nitrogens with zero attached hydrogens (tertiary/aromatic N) is 1. The lowest BCUT2D eigenvalue weighted by Crippen LogP contribution is -2.34. The van der Waals surface area contributed by atoms with Crippen molar-refractivity contribution in [1.82, 2.24) is 4.31 Å². The van der Waals surface area contributed by atoms with Crippen molar-refractivity contribution >= 4 is 37.1 Å². The fourth-order valence-corrected chi connectivity index (χ4v) is 5.34. The predicted molar refractivity (Wildman–Crippen MR) is 77.9 cm³/mol. The predicted octanol–water partition coefficient (Wildman–Crippen LogP) is 0.871. The van der Waals surface area contributed by atoms with Crippen LogP contribution >= 0.6 is 11.6 Å². The van der Waals surface area contributed by atoms with Crippen LogP contribution in [0.1, 0.15) is 6.42 Å². The van der Waals surface area contributed by atoms with Crippen LogP contribution in [0.2, 0.25) is 5.02 Å². The molecular weight excluding hydrogens is 343 g/mol. The van der Waals surface area contributed by atoms with E-state index >= 15 is 0 Å². The van der Waals surface area contributed by atoms with Crippen molar-refractivity contribution in [2.75, 3.05) is 30.3 Å². The number of benzene rings is 1. The zero-order valence-electron chi connectivity index (χ0n) is 10.9. The fraction of sp³-hybridized carbons (Fsp3) is 0.455. The lowest BCUT2D eigenvalue weighted by atomic mass is 10.3. The zero-order chi connectivity index (χ0) is 15.8. The molecule has 10 heteroatoms. The molecule has 0 amide bonds. The molecular formula is C11H14ClFN2O4S2. The number of anilines is 1. The average molecular weight is 357 g/mol. The van der Waals surface area contributed by atoms with E-state index in [0.29, 0.717) is 0 Å². The second-order valence-electron chi connectivity index (χ2n) is 4.72. The summed E-state index contributed by atoms with van der Waals surface area (Å²) in [6.45, 7) is -0.204. The van der Waals surface area contributed by atoms with Gasteiger partial charge in [0, 0.05) is 18.8 Å². The first-order valence-electron chi connectivity index (χ1n) is 6.08. The summed E-state index contributed by atoms with van der Waals surface area (Å²) in [5.41, 5.74) is 5.51. The summed E-state index contributed by atoms with van der Waals surface area (Å²) in [4.78, 5) is -0.633. The fourth-order valence-electron chi connectivity index (χ4n) is 2.07. The van der Waals surface area contributed by atoms with Gasteiger partial charge in [0.05, 0.1) is 16.5 Å². The molecule has 21 heavy (non-hydrogen) atoms. The van der Waals surface area contributed by atoms with Crippen molar-refractivity contribution in [2.24, 2.45) is 0 Å². The number of nitrogen functional groups attached to an aromatic ring is 1. The summed E-state index contributed by atoms with van der Waals surface area (Å²) < 4.78 is 62.9. The van der Waals surface area contributed by atoms with Crippen LogP contribution in [0.15, 0.2) is 17.0 Å². The van der Waals surface area contributed by atoms with Crippen LogP contribution in [0.4, 0.5) is 10.1 Å². The lowest BCUT2D eigenvalue weighted by Gasteiger charge is -2.20. The van der Waals surface area contributed by atoms with E-state index in [1.807, 2.05) is 0 Å². The van der Waals surface area contributed by atoms with Crippen LogP contribution in [0.5, 0.6) is 0 Å². The summed E-state index contributed by atoms with van der Waals surface area (Å²) in [6.07, 6.45) is 0.166. The molecule has 1 fully saturated rings. The smallest absolute Gasteiger partial charge is 0.246 e. The maximum absolute atomic E-state index is 14.0. The summed E-state index contributed by atoms with van der Waals surface area (Å²) >= 11 is 5.61. The van der Waals surface area contributed by atoms with Crippen molar-refractivity contribution in [1.29, 1.82) is 0 Å². The van der Waals surface area contributed by atoms with Crippen LogP contribution in [0, 0.1) is 5.82 Å². The second-order valence-corrected chi connectivity index (χ2v) is 9.34. The number of halogens is 2. The molecule has 1 aromatic carbocycles. The molecule has 0 saturated carbocycles. The monoisotopic (exact) mass is 356 g/mol. The number of sulfonamides is 1. The molecule has 0 aromatic heterocycles. The van der Waals surface area contributed by atoms with Gasteiger partial charge in [-0.3, -0.25) is 0 Å². The molecule has 0 atom stereocenters. The SMILES string of the molecule is Nc1cc(Cl)c(F)c(S(=O)(=O)N2CCCS(=O)(=O)CC2)c1. The lowest BCUT2D eigenvalue weighted by molar-refractivity contribution is 0.430. The van der Waals surface area contributed by atoms with Gasteiger partial charge in [0.15, 0.2) is 15.7 Å². The van der Waals surface area contributed by atoms with Crippen molar-refractivity contribution in [3.63, 3.8) is 0 Å². The van der Waals surface area contributed by atoms with E-state index in [1.54, 1.807) is 0 Å². The van der Waals surface area contributed by atoms with E-state index in [4.69, 9.17) is 17.3 Å². The Balaban J connectivity index is 2.43. The summed E-state index contributed by atoms with van der Waals surface area (Å²) in [5.74, 6) is -1.46. The van der Waals surface area contributed by atoms with E-state index in [0.717, 1.165) is 16.4 Å². The minimum absolute atomic E-state index is 0.00736. The van der Waals surface area contributed by atoms with Gasteiger partial charge in [0.1, 0.15) is 4.90 Å². The molecule has 1 aliphatic rings. The molecule has 2 rings (SSSR count). The van der Waals surface area contributed by atoms with Crippen molar-refractivity contribution in [3.05, 3.63) is 23.0 Å². The third kappa shape index (κ3) is 3.47.